The molecule has 22 heavy (non-hydrogen) atoms. The maximum Gasteiger partial charge on any atom is 0.138 e. The monoisotopic (exact) mass is 290 g/mol. The fourth-order valence-corrected chi connectivity index (χ4v) is 2.92. The molecule has 0 bridgehead atoms. The fourth-order valence-electron chi connectivity index (χ4n) is 2.92. The van der Waals surface area contributed by atoms with Gasteiger partial charge in [0, 0.05) is 12.0 Å². The smallest absolute Gasteiger partial charge is 0.138 e. The van der Waals surface area contributed by atoms with Gasteiger partial charge in [-0.1, -0.05) is 19.1 Å². The summed E-state index contributed by atoms with van der Waals surface area (Å²) in [6, 6.07) is 12.4. The first-order valence-corrected chi connectivity index (χ1v) is 7.69. The molecule has 0 spiro atoms. The van der Waals surface area contributed by atoms with Gasteiger partial charge in [0.15, 0.2) is 0 Å². The summed E-state index contributed by atoms with van der Waals surface area (Å²) in [6.07, 6.45) is 2.07. The van der Waals surface area contributed by atoms with Gasteiger partial charge in [-0.2, -0.15) is 0 Å². The normalized spacial score (nSPS) is 11.5. The van der Waals surface area contributed by atoms with Gasteiger partial charge in [-0.3, -0.25) is 0 Å². The van der Waals surface area contributed by atoms with E-state index in [1.54, 1.807) is 0 Å². The number of aryl methyl sites for hydroxylation is 2. The van der Waals surface area contributed by atoms with Crippen LogP contribution in [0.3, 0.4) is 0 Å². The van der Waals surface area contributed by atoms with Crippen LogP contribution in [0.5, 0.6) is 0 Å². The van der Waals surface area contributed by atoms with Gasteiger partial charge in [0.25, 0.3) is 0 Å². The maximum absolute atomic E-state index is 4.69. The number of aromatic nitrogens is 4. The molecule has 0 saturated carbocycles. The molecule has 0 amide bonds. The van der Waals surface area contributed by atoms with Gasteiger partial charge in [0.05, 0.1) is 22.1 Å². The zero-order valence-electron chi connectivity index (χ0n) is 12.8. The average molecular weight is 290 g/mol. The first kappa shape index (κ1) is 13.1. The van der Waals surface area contributed by atoms with Gasteiger partial charge in [0.1, 0.15) is 11.6 Å². The Bertz CT molecular complexity index is 929. The van der Waals surface area contributed by atoms with Crippen LogP contribution in [0.25, 0.3) is 33.5 Å². The maximum atomic E-state index is 4.69. The average Bonchev–Trinajstić information content (AvgIpc) is 3.11. The summed E-state index contributed by atoms with van der Waals surface area (Å²) in [5.74, 6) is 1.96. The van der Waals surface area contributed by atoms with Crippen molar-refractivity contribution in [3.05, 3.63) is 47.8 Å². The first-order chi connectivity index (χ1) is 10.7. The van der Waals surface area contributed by atoms with E-state index in [1.165, 1.54) is 5.56 Å². The number of para-hydroxylation sites is 2. The number of hydrogen-bond acceptors (Lipinski definition) is 2. The lowest BCUT2D eigenvalue weighted by molar-refractivity contribution is 0.861. The van der Waals surface area contributed by atoms with Crippen molar-refractivity contribution in [1.82, 2.24) is 19.9 Å². The molecule has 0 unspecified atom stereocenters. The Labute approximate surface area is 128 Å². The molecule has 2 aromatic heterocycles. The fraction of sp³-hybridized carbons (Fsp3) is 0.222. The minimum atomic E-state index is 0.901. The van der Waals surface area contributed by atoms with E-state index in [0.717, 1.165) is 52.1 Å². The molecule has 4 heteroatoms. The lowest BCUT2D eigenvalue weighted by atomic mass is 10.1. The third kappa shape index (κ3) is 2.08. The zero-order chi connectivity index (χ0) is 15.1. The molecule has 0 aliphatic rings. The Morgan fingerprint density at radius 2 is 1.86 bits per heavy atom. The number of rotatable bonds is 3. The van der Waals surface area contributed by atoms with E-state index >= 15 is 0 Å². The summed E-state index contributed by atoms with van der Waals surface area (Å²) in [6.45, 7) is 4.27. The van der Waals surface area contributed by atoms with E-state index in [4.69, 9.17) is 4.98 Å². The predicted octanol–water partition coefficient (Wildman–Crippen LogP) is 4.37. The molecule has 0 atom stereocenters. The van der Waals surface area contributed by atoms with Crippen molar-refractivity contribution >= 4 is 22.1 Å². The minimum Gasteiger partial charge on any atom is -0.342 e. The van der Waals surface area contributed by atoms with E-state index in [0.29, 0.717) is 0 Å². The van der Waals surface area contributed by atoms with Crippen molar-refractivity contribution in [1.29, 1.82) is 0 Å². The topological polar surface area (TPSA) is 57.4 Å². The Hall–Kier alpha value is -2.62. The quantitative estimate of drug-likeness (QED) is 0.588. The highest BCUT2D eigenvalue weighted by molar-refractivity contribution is 5.86. The number of fused-ring (bicyclic) bond motifs is 2. The molecule has 0 aliphatic heterocycles. The van der Waals surface area contributed by atoms with E-state index in [9.17, 15) is 0 Å². The number of H-pyrrole nitrogens is 2. The summed E-state index contributed by atoms with van der Waals surface area (Å²) in [5, 5.41) is 0. The summed E-state index contributed by atoms with van der Waals surface area (Å²) in [7, 11) is 0. The zero-order valence-corrected chi connectivity index (χ0v) is 12.8. The van der Waals surface area contributed by atoms with Crippen LogP contribution in [-0.2, 0) is 6.42 Å². The highest BCUT2D eigenvalue weighted by Crippen LogP contribution is 2.26. The lowest BCUT2D eigenvalue weighted by Crippen LogP contribution is -1.84. The number of nitrogens with zero attached hydrogens (tertiary/aromatic N) is 2. The van der Waals surface area contributed by atoms with Crippen LogP contribution >= 0.6 is 0 Å². The first-order valence-electron chi connectivity index (χ1n) is 7.69. The van der Waals surface area contributed by atoms with Crippen LogP contribution in [0.15, 0.2) is 36.4 Å². The molecule has 0 saturated heterocycles. The predicted molar refractivity (Wildman–Crippen MR) is 89.9 cm³/mol. The Balaban J connectivity index is 1.87. The van der Waals surface area contributed by atoms with Crippen molar-refractivity contribution < 1.29 is 0 Å². The second-order valence-corrected chi connectivity index (χ2v) is 5.73. The van der Waals surface area contributed by atoms with Gasteiger partial charge >= 0.3 is 0 Å². The van der Waals surface area contributed by atoms with Gasteiger partial charge in [-0.05, 0) is 43.2 Å². The van der Waals surface area contributed by atoms with Gasteiger partial charge in [-0.25, -0.2) is 9.97 Å². The number of benzene rings is 2. The molecule has 0 fully saturated rings. The number of nitrogens with one attached hydrogen (secondary N) is 2. The minimum absolute atomic E-state index is 0.901. The van der Waals surface area contributed by atoms with Gasteiger partial charge in [-0.15, -0.1) is 0 Å². The largest absolute Gasteiger partial charge is 0.342 e. The molecule has 2 N–H and O–H groups in total. The second kappa shape index (κ2) is 4.98. The summed E-state index contributed by atoms with van der Waals surface area (Å²) in [5.41, 5.74) is 6.46. The lowest BCUT2D eigenvalue weighted by Gasteiger charge is -2.00. The van der Waals surface area contributed by atoms with Gasteiger partial charge in [0.2, 0.25) is 0 Å². The Kier molecular flexibility index (Phi) is 2.96. The van der Waals surface area contributed by atoms with Crippen molar-refractivity contribution in [2.75, 3.05) is 0 Å². The highest BCUT2D eigenvalue weighted by Gasteiger charge is 2.10. The molecule has 2 aromatic carbocycles. The van der Waals surface area contributed by atoms with Crippen LogP contribution in [0.1, 0.15) is 24.7 Å². The van der Waals surface area contributed by atoms with Crippen LogP contribution in [0, 0.1) is 6.92 Å². The molecule has 0 aliphatic carbocycles. The third-order valence-corrected chi connectivity index (χ3v) is 3.98. The van der Waals surface area contributed by atoms with Crippen LogP contribution < -0.4 is 0 Å². The number of imidazole rings is 2. The number of hydrogen-bond donors (Lipinski definition) is 2. The molecule has 0 radical (unpaired) electrons. The van der Waals surface area contributed by atoms with E-state index in [1.807, 2.05) is 24.3 Å². The van der Waals surface area contributed by atoms with Crippen LogP contribution in [0.2, 0.25) is 0 Å². The highest BCUT2D eigenvalue weighted by atomic mass is 14.9. The standard InChI is InChI=1S/C18H18N4/c1-3-6-16-19-15-10-12(9-11(2)17(15)22-16)18-20-13-7-4-5-8-14(13)21-18/h4-5,7-10H,3,6H2,1-2H3,(H,19,22)(H,20,21). The summed E-state index contributed by atoms with van der Waals surface area (Å²) in [4.78, 5) is 16.2. The van der Waals surface area contributed by atoms with E-state index < -0.39 is 0 Å². The van der Waals surface area contributed by atoms with Crippen LogP contribution in [-0.4, -0.2) is 19.9 Å². The SMILES string of the molecule is CCCc1nc2c(C)cc(-c3nc4ccccc4[nH]3)cc2[nH]1. The summed E-state index contributed by atoms with van der Waals surface area (Å²) < 4.78 is 0. The molecule has 2 heterocycles. The van der Waals surface area contributed by atoms with Crippen molar-refractivity contribution in [2.45, 2.75) is 26.7 Å². The Morgan fingerprint density at radius 1 is 1.00 bits per heavy atom. The molecule has 4 nitrogen and oxygen atoms in total. The Morgan fingerprint density at radius 3 is 2.68 bits per heavy atom. The summed E-state index contributed by atoms with van der Waals surface area (Å²) >= 11 is 0. The molecular formula is C18H18N4. The molecule has 110 valence electrons. The molecular weight excluding hydrogens is 272 g/mol. The molecule has 4 aromatic rings. The van der Waals surface area contributed by atoms with E-state index in [2.05, 4.69) is 40.9 Å². The van der Waals surface area contributed by atoms with Crippen molar-refractivity contribution in [3.8, 4) is 11.4 Å². The second-order valence-electron chi connectivity index (χ2n) is 5.73. The number of aromatic amines is 2. The molecule has 4 rings (SSSR count). The van der Waals surface area contributed by atoms with Crippen LogP contribution in [0.4, 0.5) is 0 Å². The van der Waals surface area contributed by atoms with E-state index in [-0.39, 0.29) is 0 Å². The van der Waals surface area contributed by atoms with Gasteiger partial charge < -0.3 is 9.97 Å². The van der Waals surface area contributed by atoms with Crippen molar-refractivity contribution in [3.63, 3.8) is 0 Å². The van der Waals surface area contributed by atoms with Crippen molar-refractivity contribution in [2.24, 2.45) is 0 Å². The third-order valence-electron chi connectivity index (χ3n) is 3.98.